The molecule has 2 heteroatoms. The molecular weight excluding hydrogens is 140 g/mol. The number of rotatable bonds is 4. The van der Waals surface area contributed by atoms with Crippen LogP contribution < -0.4 is 0 Å². The molecule has 0 radical (unpaired) electrons. The predicted molar refractivity (Wildman–Crippen MR) is 53.2 cm³/mol. The van der Waals surface area contributed by atoms with E-state index < -0.39 is 0 Å². The molecule has 0 aliphatic rings. The Bertz CT molecular complexity index is 33.5. The minimum Gasteiger partial charge on any atom is -0.382 e. The average molecular weight is 166 g/mol. The van der Waals surface area contributed by atoms with Crippen LogP contribution in [0.15, 0.2) is 0 Å². The fraction of sp³-hybridized carbons (Fsp3) is 1.00. The molecular formula is C9H26O2. The summed E-state index contributed by atoms with van der Waals surface area (Å²) < 4.78 is 9.67. The number of ether oxygens (including phenoxy) is 2. The maximum absolute atomic E-state index is 4.83. The summed E-state index contributed by atoms with van der Waals surface area (Å²) in [4.78, 5) is 0. The average Bonchev–Trinajstić information content (AvgIpc) is 1.93. The summed E-state index contributed by atoms with van der Waals surface area (Å²) in [6, 6.07) is 0. The molecule has 0 amide bonds. The van der Waals surface area contributed by atoms with E-state index in [1.165, 1.54) is 0 Å². The summed E-state index contributed by atoms with van der Waals surface area (Å²) in [7, 11) is 0. The van der Waals surface area contributed by atoms with Crippen molar-refractivity contribution >= 4 is 0 Å². The molecule has 0 spiro atoms. The molecule has 0 atom stereocenters. The Morgan fingerprint density at radius 1 is 0.727 bits per heavy atom. The van der Waals surface area contributed by atoms with E-state index in [9.17, 15) is 0 Å². The van der Waals surface area contributed by atoms with Crippen LogP contribution in [0.3, 0.4) is 0 Å². The number of hydrogen-bond donors (Lipinski definition) is 0. The maximum atomic E-state index is 4.83. The van der Waals surface area contributed by atoms with Crippen molar-refractivity contribution in [2.24, 2.45) is 0 Å². The highest BCUT2D eigenvalue weighted by Gasteiger charge is 1.64. The monoisotopic (exact) mass is 166 g/mol. The highest BCUT2D eigenvalue weighted by Crippen LogP contribution is 1.64. The van der Waals surface area contributed by atoms with E-state index in [1.54, 1.807) is 0 Å². The van der Waals surface area contributed by atoms with Gasteiger partial charge in [0.25, 0.3) is 0 Å². The second-order valence-corrected chi connectivity index (χ2v) is 1.56. The van der Waals surface area contributed by atoms with Crippen LogP contribution in [-0.2, 0) is 9.47 Å². The van der Waals surface area contributed by atoms with E-state index in [2.05, 4.69) is 0 Å². The van der Waals surface area contributed by atoms with E-state index in [0.717, 1.165) is 26.4 Å². The largest absolute Gasteiger partial charge is 0.382 e. The highest BCUT2D eigenvalue weighted by atomic mass is 16.5. The lowest BCUT2D eigenvalue weighted by Crippen LogP contribution is -1.84. The minimum absolute atomic E-state index is 0. The molecule has 0 N–H and O–H groups in total. The van der Waals surface area contributed by atoms with Crippen LogP contribution in [-0.4, -0.2) is 26.4 Å². The molecule has 0 fully saturated rings. The molecule has 2 nitrogen and oxygen atoms in total. The third kappa shape index (κ3) is 40.5. The van der Waals surface area contributed by atoms with Crippen molar-refractivity contribution in [2.75, 3.05) is 26.4 Å². The van der Waals surface area contributed by atoms with Crippen LogP contribution in [0.5, 0.6) is 0 Å². The van der Waals surface area contributed by atoms with Gasteiger partial charge in [0.05, 0.1) is 0 Å². The van der Waals surface area contributed by atoms with Gasteiger partial charge in [-0.25, -0.2) is 0 Å². The first kappa shape index (κ1) is 17.1. The molecule has 0 rings (SSSR count). The van der Waals surface area contributed by atoms with Crippen molar-refractivity contribution in [1.82, 2.24) is 0 Å². The van der Waals surface area contributed by atoms with E-state index in [-0.39, 0.29) is 8.85 Å². The lowest BCUT2D eigenvalue weighted by atomic mass is 10.8. The smallest absolute Gasteiger partial charge is 0.0437 e. The van der Waals surface area contributed by atoms with Crippen molar-refractivity contribution in [3.05, 3.63) is 0 Å². The molecule has 0 heterocycles. The second-order valence-electron chi connectivity index (χ2n) is 1.56. The van der Waals surface area contributed by atoms with Crippen LogP contribution in [0.1, 0.15) is 36.5 Å². The van der Waals surface area contributed by atoms with Gasteiger partial charge in [-0.3, -0.25) is 0 Å². The van der Waals surface area contributed by atoms with Gasteiger partial charge in [-0.05, 0) is 27.7 Å². The van der Waals surface area contributed by atoms with Crippen molar-refractivity contribution in [3.8, 4) is 0 Å². The quantitative estimate of drug-likeness (QED) is 0.639. The topological polar surface area (TPSA) is 18.5 Å². The van der Waals surface area contributed by atoms with Gasteiger partial charge in [-0.1, -0.05) is 7.43 Å². The summed E-state index contributed by atoms with van der Waals surface area (Å²) in [5.74, 6) is 0. The normalized spacial score (nSPS) is 7.64. The van der Waals surface area contributed by atoms with Crippen LogP contribution >= 0.6 is 0 Å². The first-order chi connectivity index (χ1) is 4.83. The molecule has 0 saturated heterocycles. The van der Waals surface area contributed by atoms with Gasteiger partial charge in [-0.15, -0.1) is 0 Å². The van der Waals surface area contributed by atoms with Gasteiger partial charge in [0.1, 0.15) is 0 Å². The van der Waals surface area contributed by atoms with Crippen LogP contribution in [0.25, 0.3) is 0 Å². The summed E-state index contributed by atoms with van der Waals surface area (Å²) in [5, 5.41) is 0. The van der Waals surface area contributed by atoms with Crippen molar-refractivity contribution < 1.29 is 10.9 Å². The summed E-state index contributed by atoms with van der Waals surface area (Å²) in [6.45, 7) is 11.3. The van der Waals surface area contributed by atoms with Gasteiger partial charge < -0.3 is 9.47 Å². The zero-order valence-electron chi connectivity index (χ0n) is 7.64. The first-order valence-electron chi connectivity index (χ1n) is 3.98. The second kappa shape index (κ2) is 22.5. The molecule has 11 heavy (non-hydrogen) atoms. The van der Waals surface area contributed by atoms with Crippen LogP contribution in [0.4, 0.5) is 0 Å². The number of hydrogen-bond acceptors (Lipinski definition) is 2. The predicted octanol–water partition coefficient (Wildman–Crippen LogP) is 2.97. The summed E-state index contributed by atoms with van der Waals surface area (Å²) in [6.07, 6.45) is 0. The Hall–Kier alpha value is -0.0800. The zero-order valence-corrected chi connectivity index (χ0v) is 7.64. The highest BCUT2D eigenvalue weighted by molar-refractivity contribution is 4.07. The molecule has 0 aliphatic carbocycles. The van der Waals surface area contributed by atoms with E-state index in [0.29, 0.717) is 0 Å². The Morgan fingerprint density at radius 2 is 0.909 bits per heavy atom. The molecule has 0 unspecified atom stereocenters. The minimum atomic E-state index is 0. The van der Waals surface area contributed by atoms with Gasteiger partial charge >= 0.3 is 0 Å². The maximum Gasteiger partial charge on any atom is 0.0437 e. The van der Waals surface area contributed by atoms with Gasteiger partial charge in [0.2, 0.25) is 0 Å². The molecule has 0 aliphatic heterocycles. The summed E-state index contributed by atoms with van der Waals surface area (Å²) >= 11 is 0. The Labute approximate surface area is 73.4 Å². The van der Waals surface area contributed by atoms with Crippen molar-refractivity contribution in [2.45, 2.75) is 35.1 Å². The fourth-order valence-corrected chi connectivity index (χ4v) is 0.408. The standard InChI is InChI=1S/2C4H10O.CH4.H2/c2*1-3-5-4-2;;/h2*3-4H2,1-2H3;1H4;1H. The van der Waals surface area contributed by atoms with Gasteiger partial charge in [0, 0.05) is 27.9 Å². The first-order valence-corrected chi connectivity index (χ1v) is 3.98. The lowest BCUT2D eigenvalue weighted by molar-refractivity contribution is 0.162. The molecule has 0 bridgehead atoms. The fourth-order valence-electron chi connectivity index (χ4n) is 0.408. The SMILES string of the molecule is C.CCOCC.CCOCC.[HH]. The molecule has 0 saturated carbocycles. The Morgan fingerprint density at radius 3 is 0.909 bits per heavy atom. The molecule has 0 aromatic carbocycles. The molecule has 74 valence electrons. The lowest BCUT2D eigenvalue weighted by Gasteiger charge is -1.86. The van der Waals surface area contributed by atoms with Crippen molar-refractivity contribution in [1.29, 1.82) is 0 Å². The van der Waals surface area contributed by atoms with Crippen molar-refractivity contribution in [3.63, 3.8) is 0 Å². The summed E-state index contributed by atoms with van der Waals surface area (Å²) in [5.41, 5.74) is 0. The van der Waals surface area contributed by atoms with E-state index >= 15 is 0 Å². The Balaban J connectivity index is -0.0000000457. The van der Waals surface area contributed by atoms with Crippen LogP contribution in [0, 0.1) is 0 Å². The third-order valence-electron chi connectivity index (χ3n) is 0.816. The van der Waals surface area contributed by atoms with Crippen LogP contribution in [0.2, 0.25) is 0 Å². The Kier molecular flexibility index (Phi) is 35.1. The molecule has 0 aromatic heterocycles. The van der Waals surface area contributed by atoms with E-state index in [4.69, 9.17) is 9.47 Å². The van der Waals surface area contributed by atoms with Gasteiger partial charge in [0.15, 0.2) is 0 Å². The van der Waals surface area contributed by atoms with E-state index in [1.807, 2.05) is 27.7 Å². The zero-order chi connectivity index (χ0) is 8.24. The molecule has 0 aromatic rings. The van der Waals surface area contributed by atoms with Gasteiger partial charge in [-0.2, -0.15) is 0 Å². The third-order valence-corrected chi connectivity index (χ3v) is 0.816.